The van der Waals surface area contributed by atoms with Gasteiger partial charge in [0.05, 0.1) is 0 Å². The first-order valence-corrected chi connectivity index (χ1v) is 7.91. The fourth-order valence-corrected chi connectivity index (χ4v) is 2.30. The monoisotopic (exact) mass is 557 g/mol. The Labute approximate surface area is 175 Å². The first-order chi connectivity index (χ1) is 14.4. The maximum absolute atomic E-state index is 14.4. The molecule has 0 amide bonds. The average Bonchev–Trinajstić information content (AvgIpc) is 2.64. The summed E-state index contributed by atoms with van der Waals surface area (Å²) in [7, 11) is 0. The summed E-state index contributed by atoms with van der Waals surface area (Å²) >= 11 is 0. The van der Waals surface area contributed by atoms with Gasteiger partial charge in [-0.25, -0.2) is 17.6 Å². The summed E-state index contributed by atoms with van der Waals surface area (Å²) in [5.74, 6) is -65.4. The predicted molar refractivity (Wildman–Crippen MR) is 70.0 cm³/mol. The van der Waals surface area contributed by atoms with Crippen molar-refractivity contribution in [2.75, 3.05) is 0 Å². The fraction of sp³-hybridized carbons (Fsp3) is 0.929. The van der Waals surface area contributed by atoms with E-state index in [1.54, 1.807) is 0 Å². The first kappa shape index (κ1) is 32.6. The van der Waals surface area contributed by atoms with E-state index in [2.05, 4.69) is 0 Å². The van der Waals surface area contributed by atoms with E-state index in [1.807, 2.05) is 0 Å². The van der Waals surface area contributed by atoms with Crippen molar-refractivity contribution in [3.8, 4) is 0 Å². The molecule has 0 aromatic rings. The van der Waals surface area contributed by atoms with Crippen molar-refractivity contribution in [2.24, 2.45) is 0 Å². The van der Waals surface area contributed by atoms with Gasteiger partial charge >= 0.3 is 53.8 Å². The number of alkyl halides is 20. The second-order valence-electron chi connectivity index (χ2n) is 6.66. The Kier molecular flexibility index (Phi) is 7.99. The molecule has 0 nitrogen and oxygen atoms in total. The Bertz CT molecular complexity index is 717. The van der Waals surface area contributed by atoms with E-state index in [0.29, 0.717) is 0 Å². The zero-order chi connectivity index (χ0) is 28.4. The maximum Gasteiger partial charge on any atom is 0.384 e. The molecule has 20 heteroatoms. The Hall–Kier alpha value is -1.40. The molecular weight excluding hydrogens is 548 g/mol. The van der Waals surface area contributed by atoms with E-state index in [0.717, 1.165) is 6.92 Å². The number of halogens is 20. The second kappa shape index (κ2) is 8.33. The molecule has 0 bridgehead atoms. The van der Waals surface area contributed by atoms with Crippen LogP contribution in [0.25, 0.3) is 0 Å². The van der Waals surface area contributed by atoms with Crippen LogP contribution in [-0.4, -0.2) is 65.6 Å². The molecule has 34 heavy (non-hydrogen) atoms. The van der Waals surface area contributed by atoms with Crippen molar-refractivity contribution >= 4 is 0 Å². The standard InChI is InChI=1S/C14H9F20/c1-3-4(15)7(20,9(23,24)6(2,18)19)10(25,26)12(29,30)14(33,34)13(31,32)11(27,28)8(21,22)5(16)17/h4-5H,2-3H2,1H3. The average molecular weight is 557 g/mol. The Morgan fingerprint density at radius 2 is 0.794 bits per heavy atom. The fourth-order valence-electron chi connectivity index (χ4n) is 2.30. The van der Waals surface area contributed by atoms with Gasteiger partial charge in [-0.15, -0.1) is 0 Å². The minimum Gasteiger partial charge on any atom is -0.243 e. The van der Waals surface area contributed by atoms with Crippen LogP contribution < -0.4 is 0 Å². The molecule has 0 rings (SSSR count). The van der Waals surface area contributed by atoms with Gasteiger partial charge in [-0.3, -0.25) is 0 Å². The zero-order valence-corrected chi connectivity index (χ0v) is 15.6. The molecule has 2 atom stereocenters. The number of rotatable bonds is 11. The molecule has 0 aliphatic carbocycles. The van der Waals surface area contributed by atoms with Gasteiger partial charge in [0.1, 0.15) is 6.17 Å². The molecule has 0 spiro atoms. The maximum atomic E-state index is 14.4. The van der Waals surface area contributed by atoms with Crippen molar-refractivity contribution < 1.29 is 87.8 Å². The third kappa shape index (κ3) is 3.75. The van der Waals surface area contributed by atoms with Crippen LogP contribution in [0.2, 0.25) is 0 Å². The van der Waals surface area contributed by atoms with E-state index in [4.69, 9.17) is 0 Å². The normalized spacial score (nSPS) is 18.8. The lowest BCUT2D eigenvalue weighted by Crippen LogP contribution is -2.79. The van der Waals surface area contributed by atoms with Crippen molar-refractivity contribution in [1.29, 1.82) is 0 Å². The Morgan fingerprint density at radius 1 is 0.500 bits per heavy atom. The lowest BCUT2D eigenvalue weighted by Gasteiger charge is -2.47. The topological polar surface area (TPSA) is 0 Å². The van der Waals surface area contributed by atoms with Crippen LogP contribution in [0.4, 0.5) is 87.8 Å². The Morgan fingerprint density at radius 3 is 1.06 bits per heavy atom. The van der Waals surface area contributed by atoms with Crippen molar-refractivity contribution in [1.82, 2.24) is 0 Å². The molecule has 2 unspecified atom stereocenters. The third-order valence-electron chi connectivity index (χ3n) is 4.43. The van der Waals surface area contributed by atoms with Gasteiger partial charge in [-0.1, -0.05) is 6.92 Å². The lowest BCUT2D eigenvalue weighted by molar-refractivity contribution is -0.454. The highest BCUT2D eigenvalue weighted by atomic mass is 19.4. The third-order valence-corrected chi connectivity index (χ3v) is 4.43. The molecule has 0 heterocycles. The smallest absolute Gasteiger partial charge is 0.243 e. The van der Waals surface area contributed by atoms with E-state index < -0.39 is 72.1 Å². The van der Waals surface area contributed by atoms with Crippen LogP contribution in [0.3, 0.4) is 0 Å². The summed E-state index contributed by atoms with van der Waals surface area (Å²) in [5, 5.41) is 0. The molecule has 0 N–H and O–H groups in total. The largest absolute Gasteiger partial charge is 0.384 e. The van der Waals surface area contributed by atoms with Crippen molar-refractivity contribution in [3.63, 3.8) is 0 Å². The van der Waals surface area contributed by atoms with Crippen LogP contribution in [0, 0.1) is 6.92 Å². The summed E-state index contributed by atoms with van der Waals surface area (Å²) < 4.78 is 266. The molecule has 205 valence electrons. The molecular formula is C14H9F20. The van der Waals surface area contributed by atoms with Gasteiger partial charge < -0.3 is 0 Å². The van der Waals surface area contributed by atoms with Gasteiger partial charge in [-0.05, 0) is 6.42 Å². The van der Waals surface area contributed by atoms with Crippen molar-refractivity contribution in [2.45, 2.75) is 79.0 Å². The van der Waals surface area contributed by atoms with Crippen LogP contribution in [0.15, 0.2) is 0 Å². The minimum atomic E-state index is -8.90. The molecule has 0 aliphatic heterocycles. The molecule has 1 radical (unpaired) electrons. The summed E-state index contributed by atoms with van der Waals surface area (Å²) in [6.45, 7) is 0.983. The minimum absolute atomic E-state index is 0.0331. The van der Waals surface area contributed by atoms with Crippen LogP contribution >= 0.6 is 0 Å². The molecule has 0 aromatic heterocycles. The highest BCUT2D eigenvalue weighted by Crippen LogP contribution is 2.66. The molecule has 0 aliphatic rings. The summed E-state index contributed by atoms with van der Waals surface area (Å²) in [4.78, 5) is 0. The summed E-state index contributed by atoms with van der Waals surface area (Å²) in [6.07, 6.45) is -13.4. The SMILES string of the molecule is [CH2]C(F)(F)C(F)(F)C(F)(C(F)CC)C(F)(F)C(F)(F)C(F)(F)C(F)(F)C(F)(F)C(F)(F)C(F)F. The van der Waals surface area contributed by atoms with E-state index in [9.17, 15) is 87.8 Å². The highest BCUT2D eigenvalue weighted by molar-refractivity contribution is 5.22. The van der Waals surface area contributed by atoms with Gasteiger partial charge in [0.2, 0.25) is 0 Å². The van der Waals surface area contributed by atoms with Gasteiger partial charge in [-0.2, -0.15) is 70.2 Å². The molecule has 0 fully saturated rings. The quantitative estimate of drug-likeness (QED) is 0.230. The lowest BCUT2D eigenvalue weighted by atomic mass is 9.76. The summed E-state index contributed by atoms with van der Waals surface area (Å²) in [6, 6.07) is 0. The number of hydrogen-bond acceptors (Lipinski definition) is 0. The highest BCUT2D eigenvalue weighted by Gasteiger charge is 2.96. The van der Waals surface area contributed by atoms with Gasteiger partial charge in [0, 0.05) is 6.92 Å². The molecule has 0 aromatic carbocycles. The first-order valence-electron chi connectivity index (χ1n) is 7.91. The van der Waals surface area contributed by atoms with Crippen LogP contribution in [0.5, 0.6) is 0 Å². The van der Waals surface area contributed by atoms with Gasteiger partial charge in [0.25, 0.3) is 5.67 Å². The van der Waals surface area contributed by atoms with E-state index in [1.165, 1.54) is 0 Å². The molecule has 0 saturated carbocycles. The molecule has 0 saturated heterocycles. The number of hydrogen-bond donors (Lipinski definition) is 0. The van der Waals surface area contributed by atoms with Gasteiger partial charge in [0.15, 0.2) is 0 Å². The van der Waals surface area contributed by atoms with E-state index in [-0.39, 0.29) is 6.92 Å². The van der Waals surface area contributed by atoms with Crippen LogP contribution in [0.1, 0.15) is 13.3 Å². The zero-order valence-electron chi connectivity index (χ0n) is 15.6. The van der Waals surface area contributed by atoms with Crippen molar-refractivity contribution in [3.05, 3.63) is 6.92 Å². The van der Waals surface area contributed by atoms with E-state index >= 15 is 0 Å². The predicted octanol–water partition coefficient (Wildman–Crippen LogP) is 7.62. The Balaban J connectivity index is 7.33. The van der Waals surface area contributed by atoms with Crippen LogP contribution in [-0.2, 0) is 0 Å². The summed E-state index contributed by atoms with van der Waals surface area (Å²) in [5.41, 5.74) is -7.65. The second-order valence-corrected chi connectivity index (χ2v) is 6.66.